The first-order chi connectivity index (χ1) is 14.2. The fraction of sp³-hybridized carbons (Fsp3) is 0.769. The molecule has 0 amide bonds. The Balaban J connectivity index is 1.89. The van der Waals surface area contributed by atoms with Crippen molar-refractivity contribution in [2.45, 2.75) is 129 Å². The fourth-order valence-corrected chi connectivity index (χ4v) is 3.98. The van der Waals surface area contributed by atoms with Gasteiger partial charge in [-0.2, -0.15) is 0 Å². The van der Waals surface area contributed by atoms with Crippen LogP contribution in [0, 0.1) is 0 Å². The smallest absolute Gasteiger partial charge is 0.169 e. The number of aliphatic hydroxyl groups is 1. The van der Waals surface area contributed by atoms with Gasteiger partial charge in [0.15, 0.2) is 11.6 Å². The molecule has 29 heavy (non-hydrogen) atoms. The van der Waals surface area contributed by atoms with Crippen molar-refractivity contribution in [3.63, 3.8) is 0 Å². The van der Waals surface area contributed by atoms with Crippen LogP contribution in [0.15, 0.2) is 23.5 Å². The molecule has 0 atom stereocenters. The first-order valence-electron chi connectivity index (χ1n) is 12.3. The Hall–Kier alpha value is -1.38. The summed E-state index contributed by atoms with van der Waals surface area (Å²) >= 11 is 0. The number of carbonyl (C=O) groups excluding carboxylic acids is 2. The minimum absolute atomic E-state index is 0.0375. The number of ketones is 2. The molecule has 0 spiro atoms. The average Bonchev–Trinajstić information content (AvgIpc) is 2.70. The number of allylic oxidation sites excluding steroid dienone is 4. The summed E-state index contributed by atoms with van der Waals surface area (Å²) in [4.78, 5) is 23.6. The summed E-state index contributed by atoms with van der Waals surface area (Å²) in [5, 5.41) is 10.1. The Kier molecular flexibility index (Phi) is 15.5. The first kappa shape index (κ1) is 25.7. The molecule has 1 rings (SSSR count). The lowest BCUT2D eigenvalue weighted by atomic mass is 9.90. The zero-order valence-corrected chi connectivity index (χ0v) is 18.9. The lowest BCUT2D eigenvalue weighted by Gasteiger charge is -2.13. The summed E-state index contributed by atoms with van der Waals surface area (Å²) in [6.45, 7) is 2.25. The molecule has 0 aromatic carbocycles. The number of rotatable bonds is 17. The summed E-state index contributed by atoms with van der Waals surface area (Å²) in [6, 6.07) is 0. The van der Waals surface area contributed by atoms with Gasteiger partial charge in [-0.15, -0.1) is 0 Å². The molecule has 1 saturated carbocycles. The van der Waals surface area contributed by atoms with E-state index < -0.39 is 0 Å². The van der Waals surface area contributed by atoms with E-state index in [1.807, 2.05) is 0 Å². The Morgan fingerprint density at radius 2 is 1.17 bits per heavy atom. The highest BCUT2D eigenvalue weighted by molar-refractivity contribution is 6.21. The van der Waals surface area contributed by atoms with Crippen LogP contribution in [0.4, 0.5) is 0 Å². The Labute approximate surface area is 179 Å². The van der Waals surface area contributed by atoms with Gasteiger partial charge in [0.25, 0.3) is 0 Å². The van der Waals surface area contributed by atoms with E-state index in [4.69, 9.17) is 0 Å². The van der Waals surface area contributed by atoms with Crippen LogP contribution in [-0.4, -0.2) is 16.7 Å². The SMILES string of the molecule is CCCCCC=CCCCCCCCCCCCCC(O)=C1C(=O)CCCC1=O. The molecule has 0 saturated heterocycles. The molecular weight excluding hydrogens is 360 g/mol. The van der Waals surface area contributed by atoms with Crippen LogP contribution in [0.1, 0.15) is 129 Å². The highest BCUT2D eigenvalue weighted by Gasteiger charge is 2.26. The van der Waals surface area contributed by atoms with E-state index in [-0.39, 0.29) is 22.9 Å². The van der Waals surface area contributed by atoms with Crippen molar-refractivity contribution in [1.82, 2.24) is 0 Å². The van der Waals surface area contributed by atoms with Gasteiger partial charge in [-0.3, -0.25) is 9.59 Å². The van der Waals surface area contributed by atoms with Crippen molar-refractivity contribution in [3.8, 4) is 0 Å². The number of hydrogen-bond donors (Lipinski definition) is 1. The van der Waals surface area contributed by atoms with Crippen LogP contribution in [0.3, 0.4) is 0 Å². The zero-order valence-electron chi connectivity index (χ0n) is 18.9. The monoisotopic (exact) mass is 404 g/mol. The van der Waals surface area contributed by atoms with Gasteiger partial charge in [0.1, 0.15) is 5.76 Å². The Morgan fingerprint density at radius 3 is 1.69 bits per heavy atom. The molecule has 0 aromatic heterocycles. The molecule has 166 valence electrons. The topological polar surface area (TPSA) is 54.4 Å². The first-order valence-corrected chi connectivity index (χ1v) is 12.3. The van der Waals surface area contributed by atoms with Crippen molar-refractivity contribution < 1.29 is 14.7 Å². The van der Waals surface area contributed by atoms with Gasteiger partial charge < -0.3 is 5.11 Å². The second kappa shape index (κ2) is 17.5. The molecule has 0 radical (unpaired) electrons. The summed E-state index contributed by atoms with van der Waals surface area (Å²) in [7, 11) is 0. The molecule has 1 fully saturated rings. The number of carbonyl (C=O) groups is 2. The standard InChI is InChI=1S/C26H44O3/c1-2-3-4-5-6-7-8-9-10-11-12-13-14-15-16-17-18-20-23(27)26-24(28)21-19-22-25(26)29/h6-7,27H,2-5,8-22H2,1H3. The van der Waals surface area contributed by atoms with Crippen LogP contribution >= 0.6 is 0 Å². The molecule has 0 heterocycles. The van der Waals surface area contributed by atoms with Crippen molar-refractivity contribution in [2.75, 3.05) is 0 Å². The van der Waals surface area contributed by atoms with E-state index in [0.717, 1.165) is 12.8 Å². The van der Waals surface area contributed by atoms with Gasteiger partial charge in [0.2, 0.25) is 0 Å². The largest absolute Gasteiger partial charge is 0.511 e. The molecule has 3 heteroatoms. The summed E-state index contributed by atoms with van der Waals surface area (Å²) in [5.74, 6) is -0.293. The quantitative estimate of drug-likeness (QED) is 0.0880. The third-order valence-electron chi connectivity index (χ3n) is 5.83. The second-order valence-electron chi connectivity index (χ2n) is 8.56. The van der Waals surface area contributed by atoms with Gasteiger partial charge in [-0.05, 0) is 38.5 Å². The van der Waals surface area contributed by atoms with E-state index >= 15 is 0 Å². The third kappa shape index (κ3) is 12.7. The molecule has 0 unspecified atom stereocenters. The van der Waals surface area contributed by atoms with E-state index in [2.05, 4.69) is 19.1 Å². The average molecular weight is 405 g/mol. The minimum Gasteiger partial charge on any atom is -0.511 e. The summed E-state index contributed by atoms with van der Waals surface area (Å²) in [5.41, 5.74) is 0.100. The number of unbranched alkanes of at least 4 members (excludes halogenated alkanes) is 13. The van der Waals surface area contributed by atoms with Crippen LogP contribution in [-0.2, 0) is 9.59 Å². The van der Waals surface area contributed by atoms with Crippen molar-refractivity contribution in [1.29, 1.82) is 0 Å². The maximum Gasteiger partial charge on any atom is 0.169 e. The van der Waals surface area contributed by atoms with Crippen LogP contribution in [0.25, 0.3) is 0 Å². The number of hydrogen-bond acceptors (Lipinski definition) is 3. The van der Waals surface area contributed by atoms with Crippen molar-refractivity contribution >= 4 is 11.6 Å². The number of aliphatic hydroxyl groups excluding tert-OH is 1. The summed E-state index contributed by atoms with van der Waals surface area (Å²) in [6.07, 6.45) is 25.5. The predicted molar refractivity (Wildman–Crippen MR) is 122 cm³/mol. The highest BCUT2D eigenvalue weighted by Crippen LogP contribution is 2.22. The lowest BCUT2D eigenvalue weighted by Crippen LogP contribution is -2.20. The minimum atomic E-state index is -0.165. The number of Topliss-reactive ketones (excluding diaryl/α,β-unsaturated/α-hetero) is 2. The second-order valence-corrected chi connectivity index (χ2v) is 8.56. The van der Waals surface area contributed by atoms with Gasteiger partial charge in [0, 0.05) is 19.3 Å². The maximum absolute atomic E-state index is 11.8. The van der Waals surface area contributed by atoms with E-state index in [9.17, 15) is 14.7 Å². The maximum atomic E-state index is 11.8. The molecule has 0 aromatic rings. The predicted octanol–water partition coefficient (Wildman–Crippen LogP) is 7.94. The van der Waals surface area contributed by atoms with Crippen LogP contribution < -0.4 is 0 Å². The van der Waals surface area contributed by atoms with Gasteiger partial charge in [-0.1, -0.05) is 83.3 Å². The molecule has 0 bridgehead atoms. The Morgan fingerprint density at radius 1 is 0.724 bits per heavy atom. The zero-order chi connectivity index (χ0) is 21.2. The Bertz CT molecular complexity index is 498. The molecule has 1 N–H and O–H groups in total. The van der Waals surface area contributed by atoms with E-state index in [1.165, 1.54) is 83.5 Å². The molecule has 1 aliphatic rings. The van der Waals surface area contributed by atoms with Gasteiger partial charge >= 0.3 is 0 Å². The molecular formula is C26H44O3. The normalized spacial score (nSPS) is 14.9. The highest BCUT2D eigenvalue weighted by atomic mass is 16.3. The fourth-order valence-electron chi connectivity index (χ4n) is 3.98. The molecule has 0 aliphatic heterocycles. The van der Waals surface area contributed by atoms with Crippen LogP contribution in [0.2, 0.25) is 0 Å². The van der Waals surface area contributed by atoms with Gasteiger partial charge in [0.05, 0.1) is 5.57 Å². The lowest BCUT2D eigenvalue weighted by molar-refractivity contribution is -0.124. The van der Waals surface area contributed by atoms with E-state index in [1.54, 1.807) is 0 Å². The van der Waals surface area contributed by atoms with Crippen LogP contribution in [0.5, 0.6) is 0 Å². The van der Waals surface area contributed by atoms with Crippen molar-refractivity contribution in [2.24, 2.45) is 0 Å². The summed E-state index contributed by atoms with van der Waals surface area (Å²) < 4.78 is 0. The molecule has 3 nitrogen and oxygen atoms in total. The van der Waals surface area contributed by atoms with Crippen molar-refractivity contribution in [3.05, 3.63) is 23.5 Å². The van der Waals surface area contributed by atoms with E-state index in [0.29, 0.717) is 25.7 Å². The van der Waals surface area contributed by atoms with Gasteiger partial charge in [-0.25, -0.2) is 0 Å². The molecule has 1 aliphatic carbocycles. The third-order valence-corrected chi connectivity index (χ3v) is 5.83.